The summed E-state index contributed by atoms with van der Waals surface area (Å²) in [5.41, 5.74) is 1.11. The monoisotopic (exact) mass is 260 g/mol. The van der Waals surface area contributed by atoms with Crippen LogP contribution in [0.5, 0.6) is 0 Å². The van der Waals surface area contributed by atoms with E-state index in [9.17, 15) is 9.59 Å². The van der Waals surface area contributed by atoms with Crippen LogP contribution in [0.3, 0.4) is 0 Å². The van der Waals surface area contributed by atoms with E-state index in [0.717, 1.165) is 5.56 Å². The lowest BCUT2D eigenvalue weighted by Crippen LogP contribution is -2.10. The van der Waals surface area contributed by atoms with E-state index >= 15 is 0 Å². The van der Waals surface area contributed by atoms with Crippen molar-refractivity contribution in [2.24, 2.45) is 0 Å². The lowest BCUT2D eigenvalue weighted by Gasteiger charge is -2.01. The highest BCUT2D eigenvalue weighted by atomic mass is 16.5. The van der Waals surface area contributed by atoms with E-state index in [1.807, 2.05) is 30.3 Å². The van der Waals surface area contributed by atoms with Gasteiger partial charge in [-0.05, 0) is 24.6 Å². The van der Waals surface area contributed by atoms with E-state index in [2.05, 4.69) is 4.74 Å². The Hall–Kier alpha value is -2.20. The summed E-state index contributed by atoms with van der Waals surface area (Å²) in [7, 11) is 0. The zero-order valence-corrected chi connectivity index (χ0v) is 10.7. The number of aliphatic hydroxyl groups excluding tert-OH is 1. The number of allylic oxidation sites excluding steroid dienone is 2. The summed E-state index contributed by atoms with van der Waals surface area (Å²) < 4.78 is 4.68. The first kappa shape index (κ1) is 14.9. The third-order valence-corrected chi connectivity index (χ3v) is 2.24. The molecule has 0 aromatic heterocycles. The van der Waals surface area contributed by atoms with Crippen LogP contribution in [0.2, 0.25) is 0 Å². The summed E-state index contributed by atoms with van der Waals surface area (Å²) in [5, 5.41) is 8.51. The molecule has 0 heterocycles. The SMILES string of the molecule is CC(=CC(=O)/C=C/c1ccccc1)C(=O)OCCO. The van der Waals surface area contributed by atoms with Crippen LogP contribution in [-0.4, -0.2) is 30.1 Å². The fraction of sp³-hybridized carbons (Fsp3) is 0.200. The van der Waals surface area contributed by atoms with Gasteiger partial charge in [-0.15, -0.1) is 0 Å². The molecule has 0 bridgehead atoms. The van der Waals surface area contributed by atoms with Crippen LogP contribution in [0.1, 0.15) is 12.5 Å². The molecular weight excluding hydrogens is 244 g/mol. The van der Waals surface area contributed by atoms with Gasteiger partial charge in [0.15, 0.2) is 5.78 Å². The van der Waals surface area contributed by atoms with Gasteiger partial charge in [0.1, 0.15) is 6.61 Å². The standard InChI is InChI=1S/C15H16O4/c1-12(15(18)19-10-9-16)11-14(17)8-7-13-5-3-2-4-6-13/h2-8,11,16H,9-10H2,1H3/b8-7+,12-11?. The normalized spacial score (nSPS) is 11.6. The number of esters is 1. The maximum Gasteiger partial charge on any atom is 0.333 e. The van der Waals surface area contributed by atoms with Crippen molar-refractivity contribution < 1.29 is 19.4 Å². The zero-order valence-electron chi connectivity index (χ0n) is 10.7. The van der Waals surface area contributed by atoms with Crippen molar-refractivity contribution in [1.29, 1.82) is 0 Å². The van der Waals surface area contributed by atoms with E-state index < -0.39 is 5.97 Å². The minimum Gasteiger partial charge on any atom is -0.460 e. The maximum atomic E-state index is 11.6. The van der Waals surface area contributed by atoms with E-state index in [0.29, 0.717) is 0 Å². The molecule has 1 aromatic carbocycles. The fourth-order valence-electron chi connectivity index (χ4n) is 1.32. The first-order valence-corrected chi connectivity index (χ1v) is 5.87. The molecule has 1 rings (SSSR count). The number of carbonyl (C=O) groups is 2. The van der Waals surface area contributed by atoms with Gasteiger partial charge in [-0.3, -0.25) is 4.79 Å². The largest absolute Gasteiger partial charge is 0.460 e. The average Bonchev–Trinajstić information content (AvgIpc) is 2.43. The molecule has 4 nitrogen and oxygen atoms in total. The van der Waals surface area contributed by atoms with E-state index in [-0.39, 0.29) is 24.6 Å². The second-order valence-corrected chi connectivity index (χ2v) is 3.83. The summed E-state index contributed by atoms with van der Waals surface area (Å²) in [6.07, 6.45) is 4.27. The Morgan fingerprint density at radius 3 is 2.58 bits per heavy atom. The third kappa shape index (κ3) is 5.79. The average molecular weight is 260 g/mol. The van der Waals surface area contributed by atoms with Gasteiger partial charge in [-0.25, -0.2) is 4.79 Å². The molecule has 0 unspecified atom stereocenters. The summed E-state index contributed by atoms with van der Waals surface area (Å²) in [4.78, 5) is 22.9. The quantitative estimate of drug-likeness (QED) is 0.625. The van der Waals surface area contributed by atoms with Gasteiger partial charge in [0.2, 0.25) is 0 Å². The van der Waals surface area contributed by atoms with Crippen LogP contribution in [0.4, 0.5) is 0 Å². The van der Waals surface area contributed by atoms with Crippen LogP contribution in [0, 0.1) is 0 Å². The maximum absolute atomic E-state index is 11.6. The predicted molar refractivity (Wildman–Crippen MR) is 72.3 cm³/mol. The molecule has 0 aliphatic rings. The van der Waals surface area contributed by atoms with Crippen LogP contribution < -0.4 is 0 Å². The number of rotatable bonds is 6. The van der Waals surface area contributed by atoms with Crippen molar-refractivity contribution in [1.82, 2.24) is 0 Å². The van der Waals surface area contributed by atoms with Crippen molar-refractivity contribution >= 4 is 17.8 Å². The van der Waals surface area contributed by atoms with Gasteiger partial charge in [0.05, 0.1) is 6.61 Å². The Balaban J connectivity index is 2.59. The number of hydrogen-bond donors (Lipinski definition) is 1. The molecule has 0 aliphatic heterocycles. The van der Waals surface area contributed by atoms with Crippen molar-refractivity contribution in [2.75, 3.05) is 13.2 Å². The zero-order chi connectivity index (χ0) is 14.1. The Morgan fingerprint density at radius 1 is 1.26 bits per heavy atom. The van der Waals surface area contributed by atoms with Gasteiger partial charge in [0, 0.05) is 5.57 Å². The predicted octanol–water partition coefficient (Wildman–Crippen LogP) is 1.75. The third-order valence-electron chi connectivity index (χ3n) is 2.24. The molecule has 4 heteroatoms. The van der Waals surface area contributed by atoms with Gasteiger partial charge >= 0.3 is 5.97 Å². The molecule has 19 heavy (non-hydrogen) atoms. The van der Waals surface area contributed by atoms with E-state index in [4.69, 9.17) is 5.11 Å². The number of carbonyl (C=O) groups excluding carboxylic acids is 2. The topological polar surface area (TPSA) is 63.6 Å². The van der Waals surface area contributed by atoms with Crippen molar-refractivity contribution in [3.8, 4) is 0 Å². The van der Waals surface area contributed by atoms with E-state index in [1.54, 1.807) is 6.08 Å². The van der Waals surface area contributed by atoms with E-state index in [1.165, 1.54) is 19.1 Å². The molecule has 0 fully saturated rings. The molecule has 0 saturated carbocycles. The van der Waals surface area contributed by atoms with Gasteiger partial charge in [-0.1, -0.05) is 36.4 Å². The lowest BCUT2D eigenvalue weighted by molar-refractivity contribution is -0.140. The summed E-state index contributed by atoms with van der Waals surface area (Å²) in [6.45, 7) is 1.19. The first-order valence-electron chi connectivity index (χ1n) is 5.87. The number of ketones is 1. The van der Waals surface area contributed by atoms with Gasteiger partial charge in [0.25, 0.3) is 0 Å². The van der Waals surface area contributed by atoms with Crippen molar-refractivity contribution in [3.05, 3.63) is 53.6 Å². The molecule has 1 aromatic rings. The molecule has 1 N–H and O–H groups in total. The van der Waals surface area contributed by atoms with Crippen LogP contribution in [0.15, 0.2) is 48.1 Å². The summed E-state index contributed by atoms with van der Waals surface area (Å²) in [5.74, 6) is -0.891. The Kier molecular flexibility index (Phi) is 6.26. The van der Waals surface area contributed by atoms with Crippen molar-refractivity contribution in [3.63, 3.8) is 0 Å². The minimum atomic E-state index is -0.601. The van der Waals surface area contributed by atoms with Crippen LogP contribution in [0.25, 0.3) is 6.08 Å². The first-order chi connectivity index (χ1) is 9.13. The smallest absolute Gasteiger partial charge is 0.333 e. The molecule has 0 aliphatic carbocycles. The molecule has 0 saturated heterocycles. The number of hydrogen-bond acceptors (Lipinski definition) is 4. The number of benzene rings is 1. The van der Waals surface area contributed by atoms with Gasteiger partial charge in [-0.2, -0.15) is 0 Å². The van der Waals surface area contributed by atoms with Crippen LogP contribution >= 0.6 is 0 Å². The van der Waals surface area contributed by atoms with Gasteiger partial charge < -0.3 is 9.84 Å². The Labute approximate surface area is 112 Å². The van der Waals surface area contributed by atoms with Crippen LogP contribution in [-0.2, 0) is 14.3 Å². The molecule has 0 spiro atoms. The molecular formula is C15H16O4. The molecule has 0 radical (unpaired) electrons. The lowest BCUT2D eigenvalue weighted by atomic mass is 10.1. The summed E-state index contributed by atoms with van der Waals surface area (Å²) in [6, 6.07) is 9.38. The highest BCUT2D eigenvalue weighted by molar-refractivity contribution is 6.06. The summed E-state index contributed by atoms with van der Waals surface area (Å²) >= 11 is 0. The highest BCUT2D eigenvalue weighted by Crippen LogP contribution is 2.02. The Morgan fingerprint density at radius 2 is 1.95 bits per heavy atom. The molecule has 0 amide bonds. The Bertz CT molecular complexity index is 486. The molecule has 0 atom stereocenters. The number of ether oxygens (including phenoxy) is 1. The fourth-order valence-corrected chi connectivity index (χ4v) is 1.32. The van der Waals surface area contributed by atoms with Crippen molar-refractivity contribution in [2.45, 2.75) is 6.92 Å². The second kappa shape index (κ2) is 8.00. The number of aliphatic hydroxyl groups is 1. The highest BCUT2D eigenvalue weighted by Gasteiger charge is 2.06. The minimum absolute atomic E-state index is 0.0714. The molecule has 100 valence electrons. The second-order valence-electron chi connectivity index (χ2n) is 3.83.